The molecule has 0 unspecified atom stereocenters. The molecule has 2 aromatic rings. The highest BCUT2D eigenvalue weighted by molar-refractivity contribution is 5.76. The van der Waals surface area contributed by atoms with Gasteiger partial charge in [-0.15, -0.1) is 0 Å². The van der Waals surface area contributed by atoms with E-state index in [1.807, 2.05) is 18.2 Å². The van der Waals surface area contributed by atoms with Gasteiger partial charge in [-0.2, -0.15) is 0 Å². The molecule has 0 saturated carbocycles. The number of benzene rings is 1. The van der Waals surface area contributed by atoms with E-state index in [9.17, 15) is 4.79 Å². The maximum atomic E-state index is 12.0. The molecule has 1 aromatic heterocycles. The average Bonchev–Trinajstić information content (AvgIpc) is 3.01. The molecule has 0 spiro atoms. The quantitative estimate of drug-likeness (QED) is 0.822. The van der Waals surface area contributed by atoms with E-state index in [1.54, 1.807) is 12.1 Å². The fraction of sp³-hybridized carbons (Fsp3) is 0.400. The highest BCUT2D eigenvalue weighted by Gasteiger charge is 2.38. The lowest BCUT2D eigenvalue weighted by molar-refractivity contribution is 0.0248. The molecule has 3 heterocycles. The molecular formula is C15H15NO3. The Morgan fingerprint density at radius 3 is 3.00 bits per heavy atom. The van der Waals surface area contributed by atoms with E-state index in [0.717, 1.165) is 25.3 Å². The standard InChI is InChI=1S/C15H15NO3/c17-14-6-12(19-15-4-2-1-3-13(14)15)8-16-7-11-5-10(16)9-18-11/h1-4,6,10-11H,5,7-9H2/t10-,11-/m0/s1. The minimum Gasteiger partial charge on any atom is -0.459 e. The molecule has 2 aliphatic heterocycles. The van der Waals surface area contributed by atoms with Crippen molar-refractivity contribution in [3.05, 3.63) is 46.3 Å². The molecule has 2 fully saturated rings. The fourth-order valence-corrected chi connectivity index (χ4v) is 3.10. The molecule has 98 valence electrons. The molecule has 2 atom stereocenters. The predicted molar refractivity (Wildman–Crippen MR) is 71.0 cm³/mol. The lowest BCUT2D eigenvalue weighted by Crippen LogP contribution is -2.36. The van der Waals surface area contributed by atoms with Crippen molar-refractivity contribution in [1.82, 2.24) is 4.90 Å². The topological polar surface area (TPSA) is 42.7 Å². The van der Waals surface area contributed by atoms with E-state index in [2.05, 4.69) is 4.90 Å². The third kappa shape index (κ3) is 1.88. The van der Waals surface area contributed by atoms with Gasteiger partial charge in [0.1, 0.15) is 11.3 Å². The Bertz CT molecular complexity index is 678. The second kappa shape index (κ2) is 4.18. The zero-order valence-electron chi connectivity index (χ0n) is 10.5. The summed E-state index contributed by atoms with van der Waals surface area (Å²) in [5.41, 5.74) is 0.711. The Balaban J connectivity index is 1.66. The van der Waals surface area contributed by atoms with Crippen molar-refractivity contribution in [2.45, 2.75) is 25.1 Å². The SMILES string of the molecule is O=c1cc(CN2C[C@@H]3C[C@H]2CO3)oc2ccccc12. The zero-order chi connectivity index (χ0) is 12.8. The summed E-state index contributed by atoms with van der Waals surface area (Å²) in [7, 11) is 0. The second-order valence-corrected chi connectivity index (χ2v) is 5.35. The van der Waals surface area contributed by atoms with Gasteiger partial charge < -0.3 is 9.15 Å². The molecule has 0 N–H and O–H groups in total. The third-order valence-corrected chi connectivity index (χ3v) is 4.06. The summed E-state index contributed by atoms with van der Waals surface area (Å²) >= 11 is 0. The van der Waals surface area contributed by atoms with Gasteiger partial charge in [0.25, 0.3) is 0 Å². The number of rotatable bonds is 2. The van der Waals surface area contributed by atoms with Crippen molar-refractivity contribution in [3.63, 3.8) is 0 Å². The van der Waals surface area contributed by atoms with Crippen LogP contribution in [-0.4, -0.2) is 30.2 Å². The van der Waals surface area contributed by atoms with E-state index >= 15 is 0 Å². The first-order valence-corrected chi connectivity index (χ1v) is 6.67. The number of ether oxygens (including phenoxy) is 1. The molecule has 0 radical (unpaired) electrons. The van der Waals surface area contributed by atoms with Crippen LogP contribution in [0.3, 0.4) is 0 Å². The number of para-hydroxylation sites is 1. The van der Waals surface area contributed by atoms with Gasteiger partial charge in [-0.05, 0) is 18.6 Å². The summed E-state index contributed by atoms with van der Waals surface area (Å²) in [6.45, 7) is 2.45. The van der Waals surface area contributed by atoms with E-state index in [0.29, 0.717) is 29.7 Å². The van der Waals surface area contributed by atoms with E-state index in [1.165, 1.54) is 0 Å². The summed E-state index contributed by atoms with van der Waals surface area (Å²) in [4.78, 5) is 14.4. The summed E-state index contributed by atoms with van der Waals surface area (Å²) in [5.74, 6) is 0.747. The maximum absolute atomic E-state index is 12.0. The van der Waals surface area contributed by atoms with Crippen molar-refractivity contribution in [2.75, 3.05) is 13.2 Å². The smallest absolute Gasteiger partial charge is 0.192 e. The number of hydrogen-bond donors (Lipinski definition) is 0. The summed E-state index contributed by atoms with van der Waals surface area (Å²) in [5, 5.41) is 0.650. The van der Waals surface area contributed by atoms with Gasteiger partial charge in [0.05, 0.1) is 24.6 Å². The molecule has 0 amide bonds. The van der Waals surface area contributed by atoms with Crippen LogP contribution in [0.5, 0.6) is 0 Å². The molecule has 2 bridgehead atoms. The molecular weight excluding hydrogens is 242 g/mol. The monoisotopic (exact) mass is 257 g/mol. The van der Waals surface area contributed by atoms with Crippen LogP contribution in [0.1, 0.15) is 12.2 Å². The summed E-state index contributed by atoms with van der Waals surface area (Å²) < 4.78 is 11.4. The van der Waals surface area contributed by atoms with Gasteiger partial charge in [0.15, 0.2) is 5.43 Å². The largest absolute Gasteiger partial charge is 0.459 e. The normalized spacial score (nSPS) is 26.3. The average molecular weight is 257 g/mol. The number of likely N-dealkylation sites (tertiary alicyclic amines) is 1. The highest BCUT2D eigenvalue weighted by atomic mass is 16.5. The molecule has 2 aliphatic rings. The summed E-state index contributed by atoms with van der Waals surface area (Å²) in [6.07, 6.45) is 1.48. The molecule has 0 aliphatic carbocycles. The van der Waals surface area contributed by atoms with Crippen molar-refractivity contribution in [3.8, 4) is 0 Å². The molecule has 19 heavy (non-hydrogen) atoms. The first-order chi connectivity index (χ1) is 9.29. The van der Waals surface area contributed by atoms with Gasteiger partial charge in [0, 0.05) is 18.7 Å². The van der Waals surface area contributed by atoms with E-state index in [-0.39, 0.29) is 5.43 Å². The highest BCUT2D eigenvalue weighted by Crippen LogP contribution is 2.29. The second-order valence-electron chi connectivity index (χ2n) is 5.35. The van der Waals surface area contributed by atoms with Crippen LogP contribution in [0.15, 0.2) is 39.5 Å². The lowest BCUT2D eigenvalue weighted by Gasteiger charge is -2.25. The van der Waals surface area contributed by atoms with Gasteiger partial charge >= 0.3 is 0 Å². The Labute approximate surface area is 110 Å². The zero-order valence-corrected chi connectivity index (χ0v) is 10.5. The molecule has 1 aromatic carbocycles. The van der Waals surface area contributed by atoms with Crippen LogP contribution in [-0.2, 0) is 11.3 Å². The first-order valence-electron chi connectivity index (χ1n) is 6.67. The lowest BCUT2D eigenvalue weighted by atomic mass is 10.2. The van der Waals surface area contributed by atoms with Crippen LogP contribution < -0.4 is 5.43 Å². The third-order valence-electron chi connectivity index (χ3n) is 4.06. The van der Waals surface area contributed by atoms with Crippen LogP contribution >= 0.6 is 0 Å². The predicted octanol–water partition coefficient (Wildman–Crippen LogP) is 1.77. The molecule has 2 saturated heterocycles. The Morgan fingerprint density at radius 1 is 1.32 bits per heavy atom. The Morgan fingerprint density at radius 2 is 2.21 bits per heavy atom. The van der Waals surface area contributed by atoms with Crippen molar-refractivity contribution >= 4 is 11.0 Å². The van der Waals surface area contributed by atoms with Crippen LogP contribution in [0, 0.1) is 0 Å². The molecule has 4 nitrogen and oxygen atoms in total. The Kier molecular flexibility index (Phi) is 2.47. The van der Waals surface area contributed by atoms with Gasteiger partial charge in [-0.1, -0.05) is 12.1 Å². The Hall–Kier alpha value is -1.65. The van der Waals surface area contributed by atoms with Crippen LogP contribution in [0.25, 0.3) is 11.0 Å². The number of hydrogen-bond acceptors (Lipinski definition) is 4. The number of nitrogens with zero attached hydrogens (tertiary/aromatic N) is 1. The minimum atomic E-state index is 0.0393. The minimum absolute atomic E-state index is 0.0393. The molecule has 4 rings (SSSR count). The van der Waals surface area contributed by atoms with E-state index in [4.69, 9.17) is 9.15 Å². The van der Waals surface area contributed by atoms with E-state index < -0.39 is 0 Å². The van der Waals surface area contributed by atoms with Crippen molar-refractivity contribution in [2.24, 2.45) is 0 Å². The summed E-state index contributed by atoms with van der Waals surface area (Å²) in [6, 6.07) is 9.50. The number of morpholine rings is 1. The van der Waals surface area contributed by atoms with Crippen molar-refractivity contribution in [1.29, 1.82) is 0 Å². The van der Waals surface area contributed by atoms with Crippen LogP contribution in [0.2, 0.25) is 0 Å². The first kappa shape index (κ1) is 11.2. The van der Waals surface area contributed by atoms with Gasteiger partial charge in [0.2, 0.25) is 0 Å². The van der Waals surface area contributed by atoms with Crippen LogP contribution in [0.4, 0.5) is 0 Å². The number of fused-ring (bicyclic) bond motifs is 3. The van der Waals surface area contributed by atoms with Gasteiger partial charge in [-0.3, -0.25) is 9.69 Å². The molecule has 4 heteroatoms. The maximum Gasteiger partial charge on any atom is 0.192 e. The van der Waals surface area contributed by atoms with Crippen molar-refractivity contribution < 1.29 is 9.15 Å². The van der Waals surface area contributed by atoms with Gasteiger partial charge in [-0.25, -0.2) is 0 Å². The fourth-order valence-electron chi connectivity index (χ4n) is 3.10.